The minimum absolute atomic E-state index is 0.0140. The first-order valence-electron chi connectivity index (χ1n) is 12.7. The van der Waals surface area contributed by atoms with Crippen LogP contribution in [0.3, 0.4) is 0 Å². The molecule has 5 heteroatoms. The molecule has 0 saturated heterocycles. The first-order valence-corrected chi connectivity index (χ1v) is 13.5. The summed E-state index contributed by atoms with van der Waals surface area (Å²) < 4.78 is 0.979. The van der Waals surface area contributed by atoms with E-state index in [2.05, 4.69) is 59.4 Å². The number of carbonyl (C=O) groups is 2. The minimum atomic E-state index is -0.603. The van der Waals surface area contributed by atoms with E-state index >= 15 is 0 Å². The van der Waals surface area contributed by atoms with Crippen molar-refractivity contribution in [3.8, 4) is 0 Å². The molecular weight excluding hydrogens is 512 g/mol. The van der Waals surface area contributed by atoms with E-state index in [1.54, 1.807) is 4.90 Å². The number of halogens is 1. The molecule has 3 rings (SSSR count). The Morgan fingerprint density at radius 1 is 0.806 bits per heavy atom. The van der Waals surface area contributed by atoms with Gasteiger partial charge in [-0.05, 0) is 60.6 Å². The van der Waals surface area contributed by atoms with Crippen molar-refractivity contribution in [1.82, 2.24) is 10.2 Å². The number of nitrogens with zero attached hydrogens (tertiary/aromatic N) is 1. The highest BCUT2D eigenvalue weighted by molar-refractivity contribution is 9.10. The molecule has 0 saturated carbocycles. The maximum atomic E-state index is 13.7. The molecule has 4 nitrogen and oxygen atoms in total. The van der Waals surface area contributed by atoms with Gasteiger partial charge in [-0.15, -0.1) is 0 Å². The van der Waals surface area contributed by atoms with Crippen molar-refractivity contribution in [2.24, 2.45) is 0 Å². The molecule has 0 radical (unpaired) electrons. The van der Waals surface area contributed by atoms with Gasteiger partial charge in [0, 0.05) is 29.9 Å². The van der Waals surface area contributed by atoms with Gasteiger partial charge < -0.3 is 10.2 Å². The average molecular weight is 550 g/mol. The zero-order chi connectivity index (χ0) is 26.1. The predicted octanol–water partition coefficient (Wildman–Crippen LogP) is 6.67. The van der Waals surface area contributed by atoms with E-state index in [9.17, 15) is 9.59 Å². The number of benzene rings is 3. The molecule has 0 aliphatic rings. The maximum Gasteiger partial charge on any atom is 0.243 e. The van der Waals surface area contributed by atoms with Crippen LogP contribution in [0.25, 0.3) is 0 Å². The van der Waals surface area contributed by atoms with Crippen LogP contribution in [0.4, 0.5) is 0 Å². The van der Waals surface area contributed by atoms with Crippen molar-refractivity contribution in [3.63, 3.8) is 0 Å². The van der Waals surface area contributed by atoms with Crippen molar-refractivity contribution in [3.05, 3.63) is 106 Å². The second kappa shape index (κ2) is 13.4. The Labute approximate surface area is 224 Å². The van der Waals surface area contributed by atoms with Gasteiger partial charge in [0.1, 0.15) is 6.04 Å². The molecule has 3 aromatic rings. The highest BCUT2D eigenvalue weighted by atomic mass is 79.9. The van der Waals surface area contributed by atoms with Gasteiger partial charge in [-0.1, -0.05) is 96.5 Å². The molecule has 190 valence electrons. The summed E-state index contributed by atoms with van der Waals surface area (Å²) in [5.74, 6) is 0.326. The molecule has 3 aromatic carbocycles. The fraction of sp³-hybridized carbons (Fsp3) is 0.355. The molecular formula is C31H37BrN2O2. The summed E-state index contributed by atoms with van der Waals surface area (Å²) in [6.07, 6.45) is 1.44. The molecule has 0 aromatic heterocycles. The Morgan fingerprint density at radius 2 is 1.42 bits per heavy atom. The summed E-state index contributed by atoms with van der Waals surface area (Å²) in [6, 6.07) is 25.7. The molecule has 1 atom stereocenters. The number of nitrogens with one attached hydrogen (secondary N) is 1. The lowest BCUT2D eigenvalue weighted by Crippen LogP contribution is -2.51. The summed E-state index contributed by atoms with van der Waals surface area (Å²) in [7, 11) is 0. The number of carbonyl (C=O) groups excluding carboxylic acids is 2. The third-order valence-corrected chi connectivity index (χ3v) is 6.77. The number of hydrogen-bond donors (Lipinski definition) is 1. The number of aryl methyl sites for hydroxylation is 1. The van der Waals surface area contributed by atoms with Crippen LogP contribution in [0.5, 0.6) is 0 Å². The number of hydrogen-bond acceptors (Lipinski definition) is 2. The smallest absolute Gasteiger partial charge is 0.243 e. The zero-order valence-corrected chi connectivity index (χ0v) is 23.3. The average Bonchev–Trinajstić information content (AvgIpc) is 2.86. The standard InChI is InChI=1S/C31H37BrN2O2/c1-22(2)27-15-10-24(11-16-27)14-19-30(35)34(21-26-12-17-28(32)18-13-26)29(31(36)33-23(3)4)20-25-8-6-5-7-9-25/h5-13,15-18,22-23,29H,14,19-21H2,1-4H3,(H,33,36)/t29-/m0/s1. The normalized spacial score (nSPS) is 12.0. The van der Waals surface area contributed by atoms with Gasteiger partial charge >= 0.3 is 0 Å². The molecule has 36 heavy (non-hydrogen) atoms. The first-order chi connectivity index (χ1) is 17.2. The largest absolute Gasteiger partial charge is 0.352 e. The van der Waals surface area contributed by atoms with Gasteiger partial charge in [0.2, 0.25) is 11.8 Å². The van der Waals surface area contributed by atoms with Crippen LogP contribution in [-0.2, 0) is 29.0 Å². The Morgan fingerprint density at radius 3 is 2.00 bits per heavy atom. The predicted molar refractivity (Wildman–Crippen MR) is 151 cm³/mol. The van der Waals surface area contributed by atoms with Crippen molar-refractivity contribution in [1.29, 1.82) is 0 Å². The van der Waals surface area contributed by atoms with Crippen LogP contribution in [0, 0.1) is 0 Å². The monoisotopic (exact) mass is 548 g/mol. The van der Waals surface area contributed by atoms with Crippen molar-refractivity contribution < 1.29 is 9.59 Å². The summed E-state index contributed by atoms with van der Waals surface area (Å²) in [5, 5.41) is 3.04. The van der Waals surface area contributed by atoms with Gasteiger partial charge in [0.25, 0.3) is 0 Å². The van der Waals surface area contributed by atoms with E-state index in [1.807, 2.05) is 68.4 Å². The van der Waals surface area contributed by atoms with Gasteiger partial charge in [-0.25, -0.2) is 0 Å². The maximum absolute atomic E-state index is 13.7. The number of amides is 2. The molecule has 0 heterocycles. The van der Waals surface area contributed by atoms with Gasteiger partial charge in [0.05, 0.1) is 0 Å². The molecule has 0 aliphatic carbocycles. The lowest BCUT2D eigenvalue weighted by Gasteiger charge is -2.32. The van der Waals surface area contributed by atoms with E-state index in [1.165, 1.54) is 5.56 Å². The van der Waals surface area contributed by atoms with Crippen LogP contribution in [-0.4, -0.2) is 28.8 Å². The third-order valence-electron chi connectivity index (χ3n) is 6.24. The van der Waals surface area contributed by atoms with E-state index < -0.39 is 6.04 Å². The van der Waals surface area contributed by atoms with Crippen LogP contribution < -0.4 is 5.32 Å². The second-order valence-corrected chi connectivity index (χ2v) is 10.8. The minimum Gasteiger partial charge on any atom is -0.352 e. The second-order valence-electron chi connectivity index (χ2n) is 9.91. The van der Waals surface area contributed by atoms with Crippen molar-refractivity contribution in [2.45, 2.75) is 71.5 Å². The molecule has 0 bridgehead atoms. The zero-order valence-electron chi connectivity index (χ0n) is 21.7. The van der Waals surface area contributed by atoms with Crippen LogP contribution in [0.1, 0.15) is 62.3 Å². The Bertz CT molecular complexity index is 1110. The van der Waals surface area contributed by atoms with Crippen LogP contribution in [0.15, 0.2) is 83.3 Å². The van der Waals surface area contributed by atoms with Gasteiger partial charge in [0.15, 0.2) is 0 Å². The lowest BCUT2D eigenvalue weighted by atomic mass is 9.99. The highest BCUT2D eigenvalue weighted by Crippen LogP contribution is 2.20. The highest BCUT2D eigenvalue weighted by Gasteiger charge is 2.30. The summed E-state index contributed by atoms with van der Waals surface area (Å²) in [4.78, 5) is 28.9. The van der Waals surface area contributed by atoms with E-state index in [4.69, 9.17) is 0 Å². The Kier molecular flexibility index (Phi) is 10.3. The van der Waals surface area contributed by atoms with Gasteiger partial charge in [-0.3, -0.25) is 9.59 Å². The van der Waals surface area contributed by atoms with E-state index in [0.29, 0.717) is 31.7 Å². The molecule has 1 N–H and O–H groups in total. The third kappa shape index (κ3) is 8.34. The molecule has 0 unspecified atom stereocenters. The quantitative estimate of drug-likeness (QED) is 0.291. The van der Waals surface area contributed by atoms with Crippen LogP contribution in [0.2, 0.25) is 0 Å². The fourth-order valence-corrected chi connectivity index (χ4v) is 4.45. The lowest BCUT2D eigenvalue weighted by molar-refractivity contribution is -0.141. The molecule has 0 fully saturated rings. The summed E-state index contributed by atoms with van der Waals surface area (Å²) >= 11 is 3.48. The fourth-order valence-electron chi connectivity index (χ4n) is 4.19. The van der Waals surface area contributed by atoms with Gasteiger partial charge in [-0.2, -0.15) is 0 Å². The summed E-state index contributed by atoms with van der Waals surface area (Å²) in [5.41, 5.74) is 4.43. The summed E-state index contributed by atoms with van der Waals surface area (Å²) in [6.45, 7) is 8.61. The van der Waals surface area contributed by atoms with Crippen LogP contribution >= 0.6 is 15.9 Å². The molecule has 2 amide bonds. The Balaban J connectivity index is 1.87. The number of rotatable bonds is 11. The van der Waals surface area contributed by atoms with Crippen molar-refractivity contribution >= 4 is 27.7 Å². The van der Waals surface area contributed by atoms with Crippen molar-refractivity contribution in [2.75, 3.05) is 0 Å². The molecule has 0 spiro atoms. The molecule has 0 aliphatic heterocycles. The van der Waals surface area contributed by atoms with E-state index in [-0.39, 0.29) is 17.9 Å². The topological polar surface area (TPSA) is 49.4 Å². The van der Waals surface area contributed by atoms with E-state index in [0.717, 1.165) is 21.2 Å². The first kappa shape index (κ1) is 27.7. The SMILES string of the molecule is CC(C)NC(=O)[C@H](Cc1ccccc1)N(Cc1ccc(Br)cc1)C(=O)CCc1ccc(C(C)C)cc1. The Hall–Kier alpha value is -2.92.